The van der Waals surface area contributed by atoms with Crippen molar-refractivity contribution in [3.63, 3.8) is 0 Å². The first-order valence-electron chi connectivity index (χ1n) is 22.9. The number of hydrogen-bond acceptors (Lipinski definition) is 14. The highest BCUT2D eigenvalue weighted by Crippen LogP contribution is 2.38. The van der Waals surface area contributed by atoms with E-state index in [1.54, 1.807) is 28.4 Å². The first-order valence-corrected chi connectivity index (χ1v) is 24.5. The van der Waals surface area contributed by atoms with E-state index in [1.807, 2.05) is 57.5 Å². The van der Waals surface area contributed by atoms with Crippen LogP contribution < -0.4 is 25.4 Å². The Morgan fingerprint density at radius 3 is 2.37 bits per heavy atom. The maximum Gasteiger partial charge on any atom is 0.248 e. The number of halogens is 3. The number of rotatable bonds is 19. The van der Waals surface area contributed by atoms with Crippen molar-refractivity contribution in [2.75, 3.05) is 58.5 Å². The number of thiazole rings is 1. The van der Waals surface area contributed by atoms with E-state index in [9.17, 15) is 28.7 Å². The van der Waals surface area contributed by atoms with Crippen molar-refractivity contribution in [3.8, 4) is 21.9 Å². The quantitative estimate of drug-likeness (QED) is 0.0493. The van der Waals surface area contributed by atoms with E-state index >= 15 is 0 Å². The summed E-state index contributed by atoms with van der Waals surface area (Å²) < 4.78 is 38.0. The molecule has 0 unspecified atom stereocenters. The van der Waals surface area contributed by atoms with Crippen LogP contribution in [0.15, 0.2) is 60.4 Å². The number of fused-ring (bicyclic) bond motifs is 1. The van der Waals surface area contributed by atoms with Crippen molar-refractivity contribution < 1.29 is 47.6 Å². The van der Waals surface area contributed by atoms with Crippen molar-refractivity contribution in [3.05, 3.63) is 87.5 Å². The van der Waals surface area contributed by atoms with Crippen LogP contribution in [0, 0.1) is 18.2 Å². The van der Waals surface area contributed by atoms with Crippen molar-refractivity contribution in [1.29, 1.82) is 0 Å². The number of aromatic nitrogens is 3. The Kier molecular flexibility index (Phi) is 17.5. The van der Waals surface area contributed by atoms with Crippen LogP contribution >= 0.6 is 34.5 Å². The molecule has 3 aromatic carbocycles. The summed E-state index contributed by atoms with van der Waals surface area (Å²) in [5.41, 5.74) is 4.65. The van der Waals surface area contributed by atoms with Crippen molar-refractivity contribution in [1.82, 2.24) is 35.4 Å². The number of carbonyl (C=O) groups excluding carboxylic acids is 4. The van der Waals surface area contributed by atoms with E-state index in [-0.39, 0.29) is 79.5 Å². The van der Waals surface area contributed by atoms with Gasteiger partial charge < -0.3 is 49.8 Å². The highest BCUT2D eigenvalue weighted by Gasteiger charge is 2.42. The van der Waals surface area contributed by atoms with Gasteiger partial charge in [0.05, 0.1) is 63.8 Å². The van der Waals surface area contributed by atoms with Crippen LogP contribution in [0.1, 0.15) is 57.7 Å². The number of anilines is 2. The Balaban J connectivity index is 0.816. The fourth-order valence-corrected chi connectivity index (χ4v) is 9.44. The Morgan fingerprint density at radius 1 is 0.957 bits per heavy atom. The zero-order valence-corrected chi connectivity index (χ0v) is 41.9. The van der Waals surface area contributed by atoms with E-state index in [1.165, 1.54) is 30.5 Å². The van der Waals surface area contributed by atoms with Gasteiger partial charge in [-0.05, 0) is 48.1 Å². The minimum Gasteiger partial charge on any atom is -0.493 e. The summed E-state index contributed by atoms with van der Waals surface area (Å²) in [5.74, 6) is -0.914. The number of benzene rings is 3. The fraction of sp³-hybridized carbons (Fsp3) is 0.449. The van der Waals surface area contributed by atoms with Gasteiger partial charge in [-0.3, -0.25) is 19.2 Å². The van der Waals surface area contributed by atoms with Crippen LogP contribution in [0.25, 0.3) is 21.3 Å². The number of carbonyl (C=O) groups is 4. The molecule has 2 fully saturated rings. The van der Waals surface area contributed by atoms with Crippen LogP contribution in [0.4, 0.5) is 15.9 Å². The third-order valence-electron chi connectivity index (χ3n) is 12.1. The standard InChI is InChI=1S/C49H57Cl2FN8O9S/c1-28-45(70-27-56-28)30-8-6-29(7-9-30)22-53-40(62)19-31-18-32(61)23-60(31)48(65)46(49(2,3)4)58-41(63)24-67-16-17-68-25-42(64)59-14-12-33(13-15-59)69-39-20-34-37(21-38(39)66-5)54-26-55-47(34)57-36-11-10-35(50)43(51)44(36)52/h6-11,20-21,26-27,31-33,46,61H,12-19,22-25H2,1-5H3,(H,53,62)(H,58,63)(H,54,55,57)/t31-,32+,46+/m0/s1. The normalized spacial score (nSPS) is 16.8. The molecule has 0 radical (unpaired) electrons. The topological polar surface area (TPSA) is 207 Å². The van der Waals surface area contributed by atoms with Gasteiger partial charge >= 0.3 is 0 Å². The van der Waals surface area contributed by atoms with Gasteiger partial charge in [-0.2, -0.15) is 0 Å². The monoisotopic (exact) mass is 1020 g/mol. The van der Waals surface area contributed by atoms with Crippen molar-refractivity contribution >= 4 is 80.6 Å². The molecule has 4 N–H and O–H groups in total. The molecule has 4 amide bonds. The van der Waals surface area contributed by atoms with Crippen LogP contribution in [0.5, 0.6) is 11.5 Å². The van der Waals surface area contributed by atoms with E-state index in [4.69, 9.17) is 42.1 Å². The number of ether oxygens (including phenoxy) is 4. The van der Waals surface area contributed by atoms with Gasteiger partial charge in [-0.1, -0.05) is 68.2 Å². The number of aliphatic hydroxyl groups is 1. The second-order valence-electron chi connectivity index (χ2n) is 18.2. The molecule has 0 saturated carbocycles. The van der Waals surface area contributed by atoms with Gasteiger partial charge in [-0.15, -0.1) is 11.3 Å². The fourth-order valence-electron chi connectivity index (χ4n) is 8.31. The summed E-state index contributed by atoms with van der Waals surface area (Å²) in [6.45, 7) is 8.17. The van der Waals surface area contributed by atoms with Crippen LogP contribution in [0.3, 0.4) is 0 Å². The molecule has 4 heterocycles. The Bertz CT molecular complexity index is 2660. The third kappa shape index (κ3) is 13.2. The lowest BCUT2D eigenvalue weighted by molar-refractivity contribution is -0.142. The van der Waals surface area contributed by atoms with Crippen LogP contribution in [-0.2, 0) is 35.2 Å². The van der Waals surface area contributed by atoms with E-state index in [0.717, 1.165) is 21.7 Å². The molecule has 0 bridgehead atoms. The number of likely N-dealkylation sites (tertiary alicyclic amines) is 2. The number of piperidine rings is 1. The molecule has 0 aliphatic carbocycles. The summed E-state index contributed by atoms with van der Waals surface area (Å²) in [4.78, 5) is 70.5. The lowest BCUT2D eigenvalue weighted by Crippen LogP contribution is -2.56. The van der Waals surface area contributed by atoms with Gasteiger partial charge in [-0.25, -0.2) is 19.3 Å². The highest BCUT2D eigenvalue weighted by molar-refractivity contribution is 7.13. The first kappa shape index (κ1) is 52.1. The maximum atomic E-state index is 14.9. The molecule has 0 spiro atoms. The van der Waals surface area contributed by atoms with E-state index in [2.05, 4.69) is 30.9 Å². The van der Waals surface area contributed by atoms with Crippen LogP contribution in [0.2, 0.25) is 10.0 Å². The van der Waals surface area contributed by atoms with Gasteiger partial charge in [0.15, 0.2) is 17.3 Å². The van der Waals surface area contributed by atoms with Gasteiger partial charge in [0, 0.05) is 62.9 Å². The molecule has 2 saturated heterocycles. The average Bonchev–Trinajstić information content (AvgIpc) is 3.94. The van der Waals surface area contributed by atoms with Gasteiger partial charge in [0.2, 0.25) is 23.6 Å². The van der Waals surface area contributed by atoms with Gasteiger partial charge in [0.25, 0.3) is 0 Å². The molecule has 21 heteroatoms. The molecule has 2 aliphatic rings. The molecule has 2 aliphatic heterocycles. The molecule has 374 valence electrons. The summed E-state index contributed by atoms with van der Waals surface area (Å²) in [5, 5.41) is 19.7. The van der Waals surface area contributed by atoms with Gasteiger partial charge in [0.1, 0.15) is 37.5 Å². The van der Waals surface area contributed by atoms with Crippen molar-refractivity contribution in [2.24, 2.45) is 5.41 Å². The summed E-state index contributed by atoms with van der Waals surface area (Å²) in [6.07, 6.45) is 1.59. The number of methoxy groups -OCH3 is 1. The summed E-state index contributed by atoms with van der Waals surface area (Å²) >= 11 is 13.6. The molecule has 5 aromatic rings. The number of nitrogens with one attached hydrogen (secondary N) is 3. The Morgan fingerprint density at radius 2 is 1.69 bits per heavy atom. The average molecular weight is 1020 g/mol. The largest absolute Gasteiger partial charge is 0.493 e. The van der Waals surface area contributed by atoms with Crippen molar-refractivity contribution in [2.45, 2.75) is 84.2 Å². The Labute approximate surface area is 419 Å². The molecule has 3 atom stereocenters. The third-order valence-corrected chi connectivity index (χ3v) is 13.9. The van der Waals surface area contributed by atoms with E-state index in [0.29, 0.717) is 60.7 Å². The highest BCUT2D eigenvalue weighted by atomic mass is 35.5. The SMILES string of the molecule is COc1cc2ncnc(Nc3ccc(Cl)c(Cl)c3F)c2cc1OC1CCN(C(=O)COCCOCC(=O)N[C@H](C(=O)N2C[C@H](O)C[C@H]2CC(=O)NCc2ccc(-c3scnc3C)cc2)C(C)(C)C)CC1. The molecular formula is C49H57Cl2FN8O9S. The predicted molar refractivity (Wildman–Crippen MR) is 264 cm³/mol. The summed E-state index contributed by atoms with van der Waals surface area (Å²) in [6, 6.07) is 12.7. The minimum atomic E-state index is -0.962. The number of nitrogens with zero attached hydrogens (tertiary/aromatic N) is 5. The summed E-state index contributed by atoms with van der Waals surface area (Å²) in [7, 11) is 1.52. The van der Waals surface area contributed by atoms with Crippen LogP contribution in [-0.4, -0.2) is 131 Å². The predicted octanol–water partition coefficient (Wildman–Crippen LogP) is 6.86. The number of amides is 4. The second kappa shape index (κ2) is 23.5. The zero-order valence-electron chi connectivity index (χ0n) is 39.6. The number of β-amino-alcohol motifs (C(OH)–C–C–N with tert-alkyl or cyclic N) is 1. The molecule has 7 rings (SSSR count). The molecule has 2 aromatic heterocycles. The zero-order chi connectivity index (χ0) is 50.1. The first-order chi connectivity index (χ1) is 33.5. The lowest BCUT2D eigenvalue weighted by Gasteiger charge is -2.35. The smallest absolute Gasteiger partial charge is 0.248 e. The molecule has 17 nitrogen and oxygen atoms in total. The minimum absolute atomic E-state index is 0.00268. The second-order valence-corrected chi connectivity index (χ2v) is 19.9. The van der Waals surface area contributed by atoms with E-state index < -0.39 is 41.2 Å². The molecular weight excluding hydrogens is 967 g/mol. The number of aryl methyl sites for hydroxylation is 1. The lowest BCUT2D eigenvalue weighted by atomic mass is 9.85. The number of hydrogen-bond donors (Lipinski definition) is 4. The maximum absolute atomic E-state index is 14.9. The molecule has 70 heavy (non-hydrogen) atoms. The number of aliphatic hydroxyl groups excluding tert-OH is 1. The Hall–Kier alpha value is -5.70.